The maximum Gasteiger partial charge on any atom is 0.00940 e. The maximum absolute atomic E-state index is 4.24. The minimum atomic E-state index is 0.444. The first-order chi connectivity index (χ1) is 6.27. The van der Waals surface area contributed by atoms with Crippen LogP contribution in [0.5, 0.6) is 0 Å². The van der Waals surface area contributed by atoms with Gasteiger partial charge in [0.05, 0.1) is 0 Å². The molecule has 2 aliphatic carbocycles. The normalized spacial score (nSPS) is 36.1. The zero-order chi connectivity index (χ0) is 9.31. The van der Waals surface area contributed by atoms with Crippen LogP contribution in [0.3, 0.4) is 0 Å². The van der Waals surface area contributed by atoms with E-state index in [0.29, 0.717) is 5.41 Å². The molecule has 0 aliphatic heterocycles. The molecule has 0 aromatic heterocycles. The Labute approximate surface area is 81.7 Å². The lowest BCUT2D eigenvalue weighted by Crippen LogP contribution is -2.13. The molecule has 0 heteroatoms. The predicted octanol–water partition coefficient (Wildman–Crippen LogP) is 4.09. The molecule has 0 aromatic rings. The van der Waals surface area contributed by atoms with E-state index in [1.807, 2.05) is 0 Å². The van der Waals surface area contributed by atoms with E-state index >= 15 is 0 Å². The van der Waals surface area contributed by atoms with Crippen molar-refractivity contribution in [3.8, 4) is 0 Å². The summed E-state index contributed by atoms with van der Waals surface area (Å²) < 4.78 is 0. The minimum Gasteiger partial charge on any atom is -0.0990 e. The van der Waals surface area contributed by atoms with Gasteiger partial charge in [0.2, 0.25) is 0 Å². The molecule has 0 aromatic carbocycles. The van der Waals surface area contributed by atoms with Crippen molar-refractivity contribution < 1.29 is 0 Å². The molecule has 0 nitrogen and oxygen atoms in total. The Kier molecular flexibility index (Phi) is 2.31. The predicted molar refractivity (Wildman–Crippen MR) is 57.6 cm³/mol. The molecule has 1 saturated carbocycles. The van der Waals surface area contributed by atoms with Gasteiger partial charge >= 0.3 is 0 Å². The van der Waals surface area contributed by atoms with E-state index in [4.69, 9.17) is 0 Å². The first-order valence-electron chi connectivity index (χ1n) is 5.64. The highest BCUT2D eigenvalue weighted by Crippen LogP contribution is 2.54. The van der Waals surface area contributed by atoms with Crippen molar-refractivity contribution in [3.05, 3.63) is 24.3 Å². The van der Waals surface area contributed by atoms with E-state index in [1.165, 1.54) is 44.1 Å². The molecule has 2 rings (SSSR count). The molecule has 2 bridgehead atoms. The van der Waals surface area contributed by atoms with Crippen molar-refractivity contribution in [2.75, 3.05) is 0 Å². The number of fused-ring (bicyclic) bond motifs is 2. The van der Waals surface area contributed by atoms with Gasteiger partial charge in [0, 0.05) is 5.41 Å². The second kappa shape index (κ2) is 3.32. The molecule has 1 fully saturated rings. The summed E-state index contributed by atoms with van der Waals surface area (Å²) in [4.78, 5) is 0. The lowest BCUT2D eigenvalue weighted by molar-refractivity contribution is 0.415. The molecule has 13 heavy (non-hydrogen) atoms. The van der Waals surface area contributed by atoms with Gasteiger partial charge in [0.25, 0.3) is 0 Å². The second-order valence-corrected chi connectivity index (χ2v) is 4.74. The van der Waals surface area contributed by atoms with Gasteiger partial charge in [-0.25, -0.2) is 0 Å². The summed E-state index contributed by atoms with van der Waals surface area (Å²) in [6, 6.07) is 0. The molecular weight excluding hydrogens is 156 g/mol. The van der Waals surface area contributed by atoms with Crippen LogP contribution in [0.1, 0.15) is 45.4 Å². The van der Waals surface area contributed by atoms with Crippen molar-refractivity contribution in [3.63, 3.8) is 0 Å². The third kappa shape index (κ3) is 1.47. The second-order valence-electron chi connectivity index (χ2n) is 4.74. The largest absolute Gasteiger partial charge is 0.0990 e. The molecule has 0 amide bonds. The average molecular weight is 176 g/mol. The maximum atomic E-state index is 4.24. The van der Waals surface area contributed by atoms with Gasteiger partial charge in [-0.05, 0) is 25.2 Å². The lowest BCUT2D eigenvalue weighted by Gasteiger charge is -2.25. The summed E-state index contributed by atoms with van der Waals surface area (Å²) in [5.74, 6) is 0.842. The van der Waals surface area contributed by atoms with Crippen molar-refractivity contribution in [1.82, 2.24) is 0 Å². The molecule has 0 heterocycles. The third-order valence-electron chi connectivity index (χ3n) is 3.75. The zero-order valence-electron chi connectivity index (χ0n) is 8.68. The number of unbranched alkanes of at least 4 members (excludes halogenated alkanes) is 2. The monoisotopic (exact) mass is 176 g/mol. The van der Waals surface area contributed by atoms with Crippen molar-refractivity contribution in [1.29, 1.82) is 0 Å². The molecule has 2 unspecified atom stereocenters. The molecule has 0 saturated heterocycles. The summed E-state index contributed by atoms with van der Waals surface area (Å²) >= 11 is 0. The first kappa shape index (κ1) is 9.05. The molecule has 0 radical (unpaired) electrons. The van der Waals surface area contributed by atoms with E-state index in [2.05, 4.69) is 25.7 Å². The van der Waals surface area contributed by atoms with Gasteiger partial charge in [-0.1, -0.05) is 50.5 Å². The minimum absolute atomic E-state index is 0.444. The first-order valence-corrected chi connectivity index (χ1v) is 5.64. The summed E-state index contributed by atoms with van der Waals surface area (Å²) in [7, 11) is 0. The fourth-order valence-corrected chi connectivity index (χ4v) is 2.90. The smallest absolute Gasteiger partial charge is 0.00940 e. The van der Waals surface area contributed by atoms with Crippen LogP contribution < -0.4 is 0 Å². The Morgan fingerprint density at radius 1 is 1.54 bits per heavy atom. The van der Waals surface area contributed by atoms with Gasteiger partial charge in [-0.3, -0.25) is 0 Å². The van der Waals surface area contributed by atoms with E-state index in [-0.39, 0.29) is 0 Å². The Bertz CT molecular complexity index is 236. The summed E-state index contributed by atoms with van der Waals surface area (Å²) in [5.41, 5.74) is 1.95. The quantitative estimate of drug-likeness (QED) is 0.447. The number of hydrogen-bond donors (Lipinski definition) is 0. The Morgan fingerprint density at radius 3 is 2.92 bits per heavy atom. The molecule has 72 valence electrons. The number of hydrogen-bond acceptors (Lipinski definition) is 0. The number of allylic oxidation sites excluding steroid dienone is 3. The van der Waals surface area contributed by atoms with E-state index < -0.39 is 0 Å². The number of rotatable bonds is 4. The van der Waals surface area contributed by atoms with Crippen LogP contribution in [0.25, 0.3) is 0 Å². The highest BCUT2D eigenvalue weighted by molar-refractivity contribution is 5.32. The van der Waals surface area contributed by atoms with Crippen molar-refractivity contribution >= 4 is 0 Å². The summed E-state index contributed by atoms with van der Waals surface area (Å²) in [5, 5.41) is 0. The van der Waals surface area contributed by atoms with Crippen LogP contribution in [0.4, 0.5) is 0 Å². The fourth-order valence-electron chi connectivity index (χ4n) is 2.90. The highest BCUT2D eigenvalue weighted by Gasteiger charge is 2.42. The van der Waals surface area contributed by atoms with Gasteiger partial charge in [-0.2, -0.15) is 0 Å². The molecule has 2 aliphatic rings. The van der Waals surface area contributed by atoms with Gasteiger partial charge in [0.1, 0.15) is 0 Å². The fraction of sp³-hybridized carbons (Fsp3) is 0.692. The molecule has 0 N–H and O–H groups in total. The topological polar surface area (TPSA) is 0 Å². The van der Waals surface area contributed by atoms with E-state index in [0.717, 1.165) is 5.92 Å². The average Bonchev–Trinajstić information content (AvgIpc) is 2.62. The van der Waals surface area contributed by atoms with Crippen LogP contribution in [0.15, 0.2) is 24.3 Å². The van der Waals surface area contributed by atoms with Crippen LogP contribution in [0, 0.1) is 11.3 Å². The van der Waals surface area contributed by atoms with Crippen LogP contribution in [-0.4, -0.2) is 0 Å². The van der Waals surface area contributed by atoms with E-state index in [9.17, 15) is 0 Å². The SMILES string of the molecule is C=C1CC2C=CC1(CCCCC)C2. The third-order valence-corrected chi connectivity index (χ3v) is 3.75. The Hall–Kier alpha value is -0.520. The van der Waals surface area contributed by atoms with Gasteiger partial charge in [0.15, 0.2) is 0 Å². The van der Waals surface area contributed by atoms with Crippen molar-refractivity contribution in [2.24, 2.45) is 11.3 Å². The lowest BCUT2D eigenvalue weighted by atomic mass is 9.79. The van der Waals surface area contributed by atoms with Gasteiger partial charge < -0.3 is 0 Å². The van der Waals surface area contributed by atoms with Gasteiger partial charge in [-0.15, -0.1) is 0 Å². The van der Waals surface area contributed by atoms with Crippen LogP contribution in [0.2, 0.25) is 0 Å². The Balaban J connectivity index is 1.96. The van der Waals surface area contributed by atoms with Crippen molar-refractivity contribution in [2.45, 2.75) is 45.4 Å². The zero-order valence-corrected chi connectivity index (χ0v) is 8.68. The summed E-state index contributed by atoms with van der Waals surface area (Å²) in [6.45, 7) is 6.51. The van der Waals surface area contributed by atoms with Crippen LogP contribution in [-0.2, 0) is 0 Å². The molecule has 2 atom stereocenters. The Morgan fingerprint density at radius 2 is 2.38 bits per heavy atom. The highest BCUT2D eigenvalue weighted by atomic mass is 14.5. The van der Waals surface area contributed by atoms with E-state index in [1.54, 1.807) is 0 Å². The van der Waals surface area contributed by atoms with Crippen LogP contribution >= 0.6 is 0 Å². The molecule has 0 spiro atoms. The molecular formula is C13H20. The summed E-state index contributed by atoms with van der Waals surface area (Å²) in [6.07, 6.45) is 12.9. The standard InChI is InChI=1S/C13H20/c1-3-4-5-7-13-8-6-12(10-13)9-11(13)2/h6,8,12H,2-5,7,9-10H2,1H3.